The van der Waals surface area contributed by atoms with E-state index in [-0.39, 0.29) is 0 Å². The maximum Gasteiger partial charge on any atom is 0.00671 e. The maximum atomic E-state index is 3.82. The predicted octanol–water partition coefficient (Wildman–Crippen LogP) is 5.84. The summed E-state index contributed by atoms with van der Waals surface area (Å²) in [5.41, 5.74) is 1.40. The van der Waals surface area contributed by atoms with Crippen LogP contribution in [-0.2, 0) is 6.42 Å². The Bertz CT molecular complexity index is 432. The van der Waals surface area contributed by atoms with Crippen molar-refractivity contribution in [1.29, 1.82) is 0 Å². The topological polar surface area (TPSA) is 12.0 Å². The van der Waals surface area contributed by atoms with E-state index in [1.54, 1.807) is 0 Å². The highest BCUT2D eigenvalue weighted by atomic mass is 14.9. The largest absolute Gasteiger partial charge is 0.314 e. The van der Waals surface area contributed by atoms with Crippen LogP contribution in [0.25, 0.3) is 0 Å². The van der Waals surface area contributed by atoms with Crippen LogP contribution in [0.15, 0.2) is 54.6 Å². The van der Waals surface area contributed by atoms with Crippen LogP contribution >= 0.6 is 0 Å². The fraction of sp³-hybridized carbons (Fsp3) is 0.545. The fourth-order valence-corrected chi connectivity index (χ4v) is 3.34. The van der Waals surface area contributed by atoms with Crippen molar-refractivity contribution in [2.75, 3.05) is 6.54 Å². The highest BCUT2D eigenvalue weighted by Gasteiger charge is 2.09. The van der Waals surface area contributed by atoms with Crippen LogP contribution in [0.3, 0.4) is 0 Å². The van der Waals surface area contributed by atoms with Gasteiger partial charge in [0.05, 0.1) is 0 Å². The van der Waals surface area contributed by atoms with E-state index in [2.05, 4.69) is 59.9 Å². The Morgan fingerprint density at radius 3 is 1.70 bits per heavy atom. The van der Waals surface area contributed by atoms with Gasteiger partial charge in [0.25, 0.3) is 0 Å². The van der Waals surface area contributed by atoms with E-state index in [1.807, 2.05) is 0 Å². The van der Waals surface area contributed by atoms with Crippen LogP contribution in [0.5, 0.6) is 0 Å². The summed E-state index contributed by atoms with van der Waals surface area (Å²) < 4.78 is 0. The molecule has 0 aliphatic heterocycles. The van der Waals surface area contributed by atoms with E-state index >= 15 is 0 Å². The van der Waals surface area contributed by atoms with Gasteiger partial charge in [-0.05, 0) is 31.4 Å². The lowest BCUT2D eigenvalue weighted by Crippen LogP contribution is -2.31. The third-order valence-electron chi connectivity index (χ3n) is 4.74. The Kier molecular flexibility index (Phi) is 9.49. The molecule has 0 heterocycles. The van der Waals surface area contributed by atoms with Gasteiger partial charge in [-0.15, -0.1) is 0 Å². The third-order valence-corrected chi connectivity index (χ3v) is 4.74. The average molecular weight is 312 g/mol. The lowest BCUT2D eigenvalue weighted by molar-refractivity contribution is 0.401. The molecule has 23 heavy (non-hydrogen) atoms. The summed E-state index contributed by atoms with van der Waals surface area (Å²) in [6.07, 6.45) is 13.8. The molecule has 0 atom stereocenters. The van der Waals surface area contributed by atoms with Crippen LogP contribution in [0.1, 0.15) is 63.4 Å². The van der Waals surface area contributed by atoms with E-state index in [1.165, 1.54) is 63.4 Å². The minimum absolute atomic E-state index is 0.732. The highest BCUT2D eigenvalue weighted by Crippen LogP contribution is 2.16. The zero-order chi connectivity index (χ0) is 16.0. The van der Waals surface area contributed by atoms with Crippen molar-refractivity contribution in [2.24, 2.45) is 0 Å². The van der Waals surface area contributed by atoms with Crippen molar-refractivity contribution in [3.8, 4) is 0 Å². The Labute approximate surface area is 142 Å². The summed E-state index contributed by atoms with van der Waals surface area (Å²) in [5, 5.41) is 3.82. The molecule has 0 aromatic heterocycles. The Hall–Kier alpha value is -1.34. The van der Waals surface area contributed by atoms with Crippen LogP contribution < -0.4 is 5.32 Å². The third kappa shape index (κ3) is 8.76. The quantitative estimate of drug-likeness (QED) is 0.737. The number of hydrogen-bond acceptors (Lipinski definition) is 1. The van der Waals surface area contributed by atoms with Crippen molar-refractivity contribution >= 4 is 0 Å². The molecule has 1 aromatic rings. The Morgan fingerprint density at radius 2 is 1.13 bits per heavy atom. The Balaban J connectivity index is 1.80. The van der Waals surface area contributed by atoms with Gasteiger partial charge in [-0.2, -0.15) is 0 Å². The zero-order valence-electron chi connectivity index (χ0n) is 14.6. The molecule has 0 radical (unpaired) electrons. The van der Waals surface area contributed by atoms with E-state index in [4.69, 9.17) is 0 Å². The number of rotatable bonds is 4. The second-order valence-electron chi connectivity index (χ2n) is 6.71. The molecule has 1 nitrogen and oxygen atoms in total. The van der Waals surface area contributed by atoms with E-state index in [0.717, 1.165) is 19.0 Å². The van der Waals surface area contributed by atoms with E-state index in [9.17, 15) is 0 Å². The van der Waals surface area contributed by atoms with Gasteiger partial charge in [0.15, 0.2) is 0 Å². The first-order chi connectivity index (χ1) is 11.4. The normalized spacial score (nSPS) is 17.2. The maximum absolute atomic E-state index is 3.82. The van der Waals surface area contributed by atoms with Gasteiger partial charge in [0.2, 0.25) is 0 Å². The molecule has 1 aliphatic rings. The van der Waals surface area contributed by atoms with Crippen molar-refractivity contribution < 1.29 is 0 Å². The summed E-state index contributed by atoms with van der Waals surface area (Å²) in [5.74, 6) is 0. The molecule has 1 fully saturated rings. The first-order valence-corrected chi connectivity index (χ1v) is 9.56. The minimum Gasteiger partial charge on any atom is -0.314 e. The molecule has 0 spiro atoms. The van der Waals surface area contributed by atoms with Crippen LogP contribution in [0.2, 0.25) is 0 Å². The van der Waals surface area contributed by atoms with Crippen LogP contribution in [-0.4, -0.2) is 12.6 Å². The summed E-state index contributed by atoms with van der Waals surface area (Å²) >= 11 is 0. The molecular weight excluding hydrogens is 278 g/mol. The lowest BCUT2D eigenvalue weighted by Gasteiger charge is -2.20. The average Bonchev–Trinajstić information content (AvgIpc) is 2.59. The summed E-state index contributed by atoms with van der Waals surface area (Å²) in [6, 6.07) is 19.9. The molecule has 1 heteroatoms. The van der Waals surface area contributed by atoms with Gasteiger partial charge < -0.3 is 5.32 Å². The van der Waals surface area contributed by atoms with Crippen molar-refractivity contribution in [3.63, 3.8) is 0 Å². The standard InChI is InChI=1S/C22H33N/c1-3-7-11-15-21(16-12-8-4-1)19-20-23-22-17-13-9-5-2-6-10-14-18-22/h1,3-4,7-8,11-12,15-16,22-23H,2,5-6,9-10,13-14,17-20H2. The molecule has 2 rings (SSSR count). The minimum atomic E-state index is 0.732. The molecule has 126 valence electrons. The first kappa shape index (κ1) is 18.0. The lowest BCUT2D eigenvalue weighted by atomic mass is 9.97. The summed E-state index contributed by atoms with van der Waals surface area (Å²) in [4.78, 5) is 0. The van der Waals surface area contributed by atoms with Gasteiger partial charge in [-0.1, -0.05) is 99.5 Å². The molecule has 0 saturated heterocycles. The molecule has 0 amide bonds. The molecule has 1 saturated carbocycles. The molecule has 0 unspecified atom stereocenters. The van der Waals surface area contributed by atoms with Crippen LogP contribution in [0.4, 0.5) is 0 Å². The second kappa shape index (κ2) is 12.1. The smallest absolute Gasteiger partial charge is 0.00671 e. The SMILES string of the molecule is c1ccccc(CCNC2CCCCCCCCC2)cccc1. The Morgan fingerprint density at radius 1 is 0.652 bits per heavy atom. The van der Waals surface area contributed by atoms with E-state index < -0.39 is 0 Å². The molecule has 1 aromatic carbocycles. The highest BCUT2D eigenvalue weighted by molar-refractivity contribution is 5.12. The predicted molar refractivity (Wildman–Crippen MR) is 101 cm³/mol. The van der Waals surface area contributed by atoms with E-state index in [0.29, 0.717) is 0 Å². The number of nitrogens with one attached hydrogen (secondary N) is 1. The summed E-state index contributed by atoms with van der Waals surface area (Å²) in [7, 11) is 0. The second-order valence-corrected chi connectivity index (χ2v) is 6.71. The molecule has 1 aliphatic carbocycles. The van der Waals surface area contributed by atoms with Gasteiger partial charge in [-0.25, -0.2) is 0 Å². The van der Waals surface area contributed by atoms with Crippen molar-refractivity contribution in [2.45, 2.75) is 70.3 Å². The summed E-state index contributed by atoms with van der Waals surface area (Å²) in [6.45, 7) is 1.09. The van der Waals surface area contributed by atoms with Crippen molar-refractivity contribution in [1.82, 2.24) is 5.32 Å². The van der Waals surface area contributed by atoms with Crippen molar-refractivity contribution in [3.05, 3.63) is 60.2 Å². The molecule has 0 bridgehead atoms. The van der Waals surface area contributed by atoms with Gasteiger partial charge in [0.1, 0.15) is 0 Å². The molecular formula is C22H33N. The monoisotopic (exact) mass is 311 g/mol. The van der Waals surface area contributed by atoms with Crippen LogP contribution in [0, 0.1) is 0 Å². The number of hydrogen-bond donors (Lipinski definition) is 1. The zero-order valence-corrected chi connectivity index (χ0v) is 14.6. The fourth-order valence-electron chi connectivity index (χ4n) is 3.34. The van der Waals surface area contributed by atoms with Gasteiger partial charge in [0, 0.05) is 6.04 Å². The van der Waals surface area contributed by atoms with Gasteiger partial charge >= 0.3 is 0 Å². The first-order valence-electron chi connectivity index (χ1n) is 9.56. The molecule has 1 N–H and O–H groups in total. The van der Waals surface area contributed by atoms with Gasteiger partial charge in [-0.3, -0.25) is 0 Å².